The van der Waals surface area contributed by atoms with Crippen LogP contribution in [0.2, 0.25) is 0 Å². The van der Waals surface area contributed by atoms with Crippen LogP contribution in [-0.4, -0.2) is 41.2 Å². The molecule has 0 aliphatic carbocycles. The van der Waals surface area contributed by atoms with E-state index in [9.17, 15) is 9.90 Å². The summed E-state index contributed by atoms with van der Waals surface area (Å²) in [5.41, 5.74) is -0.763. The number of hydrogen-bond donors (Lipinski definition) is 1. The minimum Gasteiger partial charge on any atom is -0.484 e. The molecule has 0 spiro atoms. The highest BCUT2D eigenvalue weighted by atomic mass is 16.5. The first kappa shape index (κ1) is 12.9. The Balaban J connectivity index is 1.85. The van der Waals surface area contributed by atoms with E-state index in [0.29, 0.717) is 18.8 Å². The van der Waals surface area contributed by atoms with Crippen LogP contribution in [0.1, 0.15) is 19.8 Å². The maximum absolute atomic E-state index is 11.9. The lowest BCUT2D eigenvalue weighted by molar-refractivity contribution is -0.139. The molecule has 4 nitrogen and oxygen atoms in total. The van der Waals surface area contributed by atoms with Crippen molar-refractivity contribution in [2.75, 3.05) is 19.7 Å². The molecule has 1 N–H and O–H groups in total. The maximum atomic E-state index is 11.9. The van der Waals surface area contributed by atoms with Crippen LogP contribution in [0.15, 0.2) is 30.3 Å². The topological polar surface area (TPSA) is 49.8 Å². The minimum atomic E-state index is -0.763. The third kappa shape index (κ3) is 3.47. The first-order valence-corrected chi connectivity index (χ1v) is 6.25. The van der Waals surface area contributed by atoms with Gasteiger partial charge in [-0.05, 0) is 31.9 Å². The molecule has 0 aromatic heterocycles. The van der Waals surface area contributed by atoms with Crippen LogP contribution in [0, 0.1) is 0 Å². The molecule has 1 fully saturated rings. The van der Waals surface area contributed by atoms with Gasteiger partial charge in [-0.2, -0.15) is 0 Å². The van der Waals surface area contributed by atoms with Gasteiger partial charge < -0.3 is 14.7 Å². The smallest absolute Gasteiger partial charge is 0.260 e. The quantitative estimate of drug-likeness (QED) is 0.882. The predicted molar refractivity (Wildman–Crippen MR) is 68.4 cm³/mol. The molecule has 0 radical (unpaired) electrons. The average molecular weight is 249 g/mol. The zero-order valence-corrected chi connectivity index (χ0v) is 10.6. The number of carbonyl (C=O) groups excluding carboxylic acids is 1. The van der Waals surface area contributed by atoms with Crippen molar-refractivity contribution in [3.63, 3.8) is 0 Å². The van der Waals surface area contributed by atoms with Gasteiger partial charge >= 0.3 is 0 Å². The van der Waals surface area contributed by atoms with Gasteiger partial charge in [0.2, 0.25) is 0 Å². The Hall–Kier alpha value is -1.55. The lowest BCUT2D eigenvalue weighted by Crippen LogP contribution is -2.49. The summed E-state index contributed by atoms with van der Waals surface area (Å²) in [5, 5.41) is 9.94. The van der Waals surface area contributed by atoms with E-state index in [1.165, 1.54) is 0 Å². The van der Waals surface area contributed by atoms with Crippen molar-refractivity contribution in [3.05, 3.63) is 30.3 Å². The standard InChI is InChI=1S/C14H19NO3/c1-14(17)8-5-9-15(11-14)13(16)10-18-12-6-3-2-4-7-12/h2-4,6-7,17H,5,8-11H2,1H3. The Bertz CT molecular complexity index is 403. The fourth-order valence-corrected chi connectivity index (χ4v) is 2.19. The molecule has 1 aromatic carbocycles. The molecule has 1 atom stereocenters. The van der Waals surface area contributed by atoms with Gasteiger partial charge in [-0.15, -0.1) is 0 Å². The van der Waals surface area contributed by atoms with Crippen molar-refractivity contribution >= 4 is 5.91 Å². The third-order valence-electron chi connectivity index (χ3n) is 3.13. The molecule has 1 heterocycles. The van der Waals surface area contributed by atoms with Crippen molar-refractivity contribution in [1.82, 2.24) is 4.90 Å². The highest BCUT2D eigenvalue weighted by molar-refractivity contribution is 5.78. The fraction of sp³-hybridized carbons (Fsp3) is 0.500. The molecule has 1 amide bonds. The van der Waals surface area contributed by atoms with E-state index in [2.05, 4.69) is 0 Å². The summed E-state index contributed by atoms with van der Waals surface area (Å²) in [6.07, 6.45) is 1.58. The van der Waals surface area contributed by atoms with E-state index in [-0.39, 0.29) is 12.5 Å². The van der Waals surface area contributed by atoms with Crippen LogP contribution in [0.25, 0.3) is 0 Å². The number of nitrogens with zero attached hydrogens (tertiary/aromatic N) is 1. The summed E-state index contributed by atoms with van der Waals surface area (Å²) in [6.45, 7) is 2.89. The van der Waals surface area contributed by atoms with Gasteiger partial charge in [0.25, 0.3) is 5.91 Å². The largest absolute Gasteiger partial charge is 0.484 e. The zero-order valence-electron chi connectivity index (χ0n) is 10.6. The van der Waals surface area contributed by atoms with Crippen LogP contribution in [0.3, 0.4) is 0 Å². The molecule has 0 bridgehead atoms. The predicted octanol–water partition coefficient (Wildman–Crippen LogP) is 1.44. The second-order valence-corrected chi connectivity index (χ2v) is 5.02. The van der Waals surface area contributed by atoms with Crippen molar-refractivity contribution in [3.8, 4) is 5.75 Å². The lowest BCUT2D eigenvalue weighted by Gasteiger charge is -2.36. The molecular weight excluding hydrogens is 230 g/mol. The summed E-state index contributed by atoms with van der Waals surface area (Å²) >= 11 is 0. The minimum absolute atomic E-state index is 0.0279. The van der Waals surface area contributed by atoms with Crippen LogP contribution >= 0.6 is 0 Å². The average Bonchev–Trinajstić information content (AvgIpc) is 2.36. The molecule has 0 saturated carbocycles. The normalized spacial score (nSPS) is 23.8. The monoisotopic (exact) mass is 249 g/mol. The number of para-hydroxylation sites is 1. The van der Waals surface area contributed by atoms with Crippen LogP contribution in [0.5, 0.6) is 5.75 Å². The van der Waals surface area contributed by atoms with E-state index in [0.717, 1.165) is 12.8 Å². The van der Waals surface area contributed by atoms with Crippen LogP contribution in [-0.2, 0) is 4.79 Å². The lowest BCUT2D eigenvalue weighted by atomic mass is 9.95. The number of likely N-dealkylation sites (tertiary alicyclic amines) is 1. The molecule has 2 rings (SSSR count). The second-order valence-electron chi connectivity index (χ2n) is 5.02. The van der Waals surface area contributed by atoms with Crippen molar-refractivity contribution < 1.29 is 14.6 Å². The molecule has 1 aliphatic rings. The number of piperidine rings is 1. The number of aliphatic hydroxyl groups is 1. The van der Waals surface area contributed by atoms with E-state index < -0.39 is 5.60 Å². The van der Waals surface area contributed by atoms with E-state index in [1.807, 2.05) is 30.3 Å². The summed E-state index contributed by atoms with van der Waals surface area (Å²) in [5.74, 6) is 0.619. The summed E-state index contributed by atoms with van der Waals surface area (Å²) in [6, 6.07) is 9.27. The molecule has 1 unspecified atom stereocenters. The van der Waals surface area contributed by atoms with Gasteiger partial charge in [0.05, 0.1) is 5.60 Å². The van der Waals surface area contributed by atoms with Crippen LogP contribution in [0.4, 0.5) is 0 Å². The third-order valence-corrected chi connectivity index (χ3v) is 3.13. The van der Waals surface area contributed by atoms with Crippen LogP contribution < -0.4 is 4.74 Å². The maximum Gasteiger partial charge on any atom is 0.260 e. The number of carbonyl (C=O) groups is 1. The van der Waals surface area contributed by atoms with Gasteiger partial charge in [-0.1, -0.05) is 18.2 Å². The van der Waals surface area contributed by atoms with Gasteiger partial charge in [0.15, 0.2) is 6.61 Å². The summed E-state index contributed by atoms with van der Waals surface area (Å²) in [7, 11) is 0. The molecule has 1 aliphatic heterocycles. The Kier molecular flexibility index (Phi) is 3.87. The van der Waals surface area contributed by atoms with Crippen molar-refractivity contribution in [2.24, 2.45) is 0 Å². The van der Waals surface area contributed by atoms with E-state index in [1.54, 1.807) is 11.8 Å². The molecule has 1 aromatic rings. The molecule has 18 heavy (non-hydrogen) atoms. The number of rotatable bonds is 3. The number of benzene rings is 1. The second kappa shape index (κ2) is 5.40. The number of hydrogen-bond acceptors (Lipinski definition) is 3. The Morgan fingerprint density at radius 2 is 2.17 bits per heavy atom. The Morgan fingerprint density at radius 3 is 2.83 bits per heavy atom. The first-order chi connectivity index (χ1) is 8.57. The molecule has 1 saturated heterocycles. The highest BCUT2D eigenvalue weighted by Gasteiger charge is 2.30. The van der Waals surface area contributed by atoms with Crippen molar-refractivity contribution in [2.45, 2.75) is 25.4 Å². The SMILES string of the molecule is CC1(O)CCCN(C(=O)COc2ccccc2)C1. The number of β-amino-alcohol motifs (C(OH)–C–C–N with tert-alkyl or cyclic N) is 1. The van der Waals surface area contributed by atoms with E-state index in [4.69, 9.17) is 4.74 Å². The zero-order chi connectivity index (χ0) is 13.0. The molecule has 98 valence electrons. The van der Waals surface area contributed by atoms with Crippen molar-refractivity contribution in [1.29, 1.82) is 0 Å². The van der Waals surface area contributed by atoms with Gasteiger partial charge in [0, 0.05) is 13.1 Å². The van der Waals surface area contributed by atoms with Gasteiger partial charge in [-0.25, -0.2) is 0 Å². The number of amides is 1. The Labute approximate surface area is 107 Å². The highest BCUT2D eigenvalue weighted by Crippen LogP contribution is 2.20. The summed E-state index contributed by atoms with van der Waals surface area (Å²) in [4.78, 5) is 13.6. The van der Waals surface area contributed by atoms with Gasteiger partial charge in [0.1, 0.15) is 5.75 Å². The van der Waals surface area contributed by atoms with E-state index >= 15 is 0 Å². The molecule has 4 heteroatoms. The first-order valence-electron chi connectivity index (χ1n) is 6.25. The van der Waals surface area contributed by atoms with Gasteiger partial charge in [-0.3, -0.25) is 4.79 Å². The fourth-order valence-electron chi connectivity index (χ4n) is 2.19. The molecular formula is C14H19NO3. The summed E-state index contributed by atoms with van der Waals surface area (Å²) < 4.78 is 5.42. The Morgan fingerprint density at radius 1 is 1.44 bits per heavy atom. The number of ether oxygens (including phenoxy) is 1.